The number of hydrogen-bond donors (Lipinski definition) is 2. The minimum absolute atomic E-state index is 0.444. The highest BCUT2D eigenvalue weighted by molar-refractivity contribution is 6.32. The molecule has 19 heavy (non-hydrogen) atoms. The maximum Gasteiger partial charge on any atom is 0.312 e. The zero-order valence-corrected chi connectivity index (χ0v) is 11.3. The number of halogens is 1. The Morgan fingerprint density at radius 3 is 3.00 bits per heavy atom. The Kier molecular flexibility index (Phi) is 2.90. The van der Waals surface area contributed by atoms with Crippen molar-refractivity contribution in [2.75, 3.05) is 7.11 Å². The van der Waals surface area contributed by atoms with E-state index in [1.807, 2.05) is 6.07 Å². The first-order chi connectivity index (χ1) is 9.11. The number of aliphatic carboxylic acids is 1. The number of benzene rings is 1. The number of methoxy groups -OCH3 is 1. The van der Waals surface area contributed by atoms with E-state index in [-0.39, 0.29) is 0 Å². The van der Waals surface area contributed by atoms with E-state index < -0.39 is 11.9 Å². The normalized spacial score (nSPS) is 18.3. The van der Waals surface area contributed by atoms with Gasteiger partial charge in [-0.3, -0.25) is 4.79 Å². The van der Waals surface area contributed by atoms with E-state index >= 15 is 0 Å². The Morgan fingerprint density at radius 1 is 1.53 bits per heavy atom. The van der Waals surface area contributed by atoms with Crippen LogP contribution in [0.5, 0.6) is 5.75 Å². The largest absolute Gasteiger partial charge is 0.495 e. The first-order valence-corrected chi connectivity index (χ1v) is 6.60. The van der Waals surface area contributed by atoms with Crippen molar-refractivity contribution in [1.29, 1.82) is 0 Å². The second kappa shape index (κ2) is 4.46. The maximum absolute atomic E-state index is 11.3. The Bertz CT molecular complexity index is 662. The van der Waals surface area contributed by atoms with Gasteiger partial charge in [0.2, 0.25) is 0 Å². The third-order valence-corrected chi connectivity index (χ3v) is 4.07. The number of nitrogens with one attached hydrogen (secondary N) is 1. The lowest BCUT2D eigenvalue weighted by Crippen LogP contribution is -2.17. The van der Waals surface area contributed by atoms with Crippen LogP contribution in [-0.4, -0.2) is 23.2 Å². The van der Waals surface area contributed by atoms with Crippen molar-refractivity contribution in [2.24, 2.45) is 0 Å². The molecule has 0 fully saturated rings. The van der Waals surface area contributed by atoms with Crippen molar-refractivity contribution in [3.63, 3.8) is 0 Å². The molecule has 2 aromatic rings. The van der Waals surface area contributed by atoms with Gasteiger partial charge in [-0.05, 0) is 37.0 Å². The van der Waals surface area contributed by atoms with E-state index in [0.717, 1.165) is 35.0 Å². The summed E-state index contributed by atoms with van der Waals surface area (Å²) in [6.45, 7) is 0. The van der Waals surface area contributed by atoms with E-state index in [4.69, 9.17) is 16.3 Å². The van der Waals surface area contributed by atoms with E-state index in [9.17, 15) is 9.90 Å². The fraction of sp³-hybridized carbons (Fsp3) is 0.357. The van der Waals surface area contributed by atoms with E-state index in [0.29, 0.717) is 17.2 Å². The highest BCUT2D eigenvalue weighted by Gasteiger charge is 2.29. The van der Waals surface area contributed by atoms with Crippen LogP contribution in [0.15, 0.2) is 12.1 Å². The summed E-state index contributed by atoms with van der Waals surface area (Å²) in [4.78, 5) is 14.5. The summed E-state index contributed by atoms with van der Waals surface area (Å²) in [6.07, 6.45) is 2.46. The lowest BCUT2D eigenvalue weighted by atomic mass is 9.87. The van der Waals surface area contributed by atoms with Crippen molar-refractivity contribution in [1.82, 2.24) is 4.98 Å². The first kappa shape index (κ1) is 12.4. The van der Waals surface area contributed by atoms with E-state index in [1.165, 1.54) is 0 Å². The number of hydrogen-bond acceptors (Lipinski definition) is 2. The monoisotopic (exact) mass is 279 g/mol. The van der Waals surface area contributed by atoms with Gasteiger partial charge in [0, 0.05) is 16.6 Å². The van der Waals surface area contributed by atoms with Crippen LogP contribution in [0.25, 0.3) is 10.9 Å². The summed E-state index contributed by atoms with van der Waals surface area (Å²) in [7, 11) is 1.58. The Labute approximate surface area is 115 Å². The first-order valence-electron chi connectivity index (χ1n) is 6.22. The van der Waals surface area contributed by atoms with Gasteiger partial charge in [-0.2, -0.15) is 0 Å². The summed E-state index contributed by atoms with van der Waals surface area (Å²) in [5, 5.41) is 10.8. The third kappa shape index (κ3) is 1.87. The molecule has 0 saturated heterocycles. The van der Waals surface area contributed by atoms with Gasteiger partial charge in [-0.25, -0.2) is 0 Å². The predicted molar refractivity (Wildman–Crippen MR) is 73.2 cm³/mol. The molecule has 1 aromatic heterocycles. The molecule has 3 rings (SSSR count). The number of carboxylic acid groups (broad SMARTS) is 1. The topological polar surface area (TPSA) is 62.3 Å². The quantitative estimate of drug-likeness (QED) is 0.886. The van der Waals surface area contributed by atoms with Crippen molar-refractivity contribution in [3.8, 4) is 5.75 Å². The van der Waals surface area contributed by atoms with Crippen LogP contribution in [-0.2, 0) is 11.2 Å². The lowest BCUT2D eigenvalue weighted by Gasteiger charge is -2.18. The molecule has 1 heterocycles. The Balaban J connectivity index is 2.24. The summed E-state index contributed by atoms with van der Waals surface area (Å²) < 4.78 is 5.23. The molecule has 1 unspecified atom stereocenters. The molecule has 100 valence electrons. The Hall–Kier alpha value is -1.68. The number of H-pyrrole nitrogens is 1. The summed E-state index contributed by atoms with van der Waals surface area (Å²) in [5.74, 6) is -0.597. The van der Waals surface area contributed by atoms with Crippen LogP contribution >= 0.6 is 11.6 Å². The number of carbonyl (C=O) groups is 1. The number of aromatic amines is 1. The summed E-state index contributed by atoms with van der Waals surface area (Å²) in [6, 6.07) is 3.68. The van der Waals surface area contributed by atoms with E-state index in [2.05, 4.69) is 4.98 Å². The number of rotatable bonds is 2. The highest BCUT2D eigenvalue weighted by Crippen LogP contribution is 2.39. The van der Waals surface area contributed by atoms with E-state index in [1.54, 1.807) is 13.2 Å². The minimum Gasteiger partial charge on any atom is -0.495 e. The molecule has 5 heteroatoms. The zero-order valence-electron chi connectivity index (χ0n) is 10.5. The van der Waals surface area contributed by atoms with Crippen molar-refractivity contribution >= 4 is 28.5 Å². The molecule has 1 aromatic carbocycles. The number of aromatic nitrogens is 1. The molecule has 1 atom stereocenters. The SMILES string of the molecule is COc1cc2c3c([nH]c2cc1Cl)C(C(=O)O)CCC3. The van der Waals surface area contributed by atoms with Gasteiger partial charge >= 0.3 is 5.97 Å². The van der Waals surface area contributed by atoms with Crippen molar-refractivity contribution < 1.29 is 14.6 Å². The van der Waals surface area contributed by atoms with Gasteiger partial charge in [0.1, 0.15) is 5.75 Å². The lowest BCUT2D eigenvalue weighted by molar-refractivity contribution is -0.139. The van der Waals surface area contributed by atoms with Crippen LogP contribution < -0.4 is 4.74 Å². The van der Waals surface area contributed by atoms with Gasteiger partial charge in [-0.1, -0.05) is 11.6 Å². The van der Waals surface area contributed by atoms with Crippen LogP contribution in [0.2, 0.25) is 5.02 Å². The fourth-order valence-electron chi connectivity index (χ4n) is 2.87. The molecular weight excluding hydrogens is 266 g/mol. The van der Waals surface area contributed by atoms with Gasteiger partial charge in [0.05, 0.1) is 18.1 Å². The van der Waals surface area contributed by atoms with Gasteiger partial charge in [0.25, 0.3) is 0 Å². The van der Waals surface area contributed by atoms with Gasteiger partial charge in [-0.15, -0.1) is 0 Å². The minimum atomic E-state index is -0.773. The highest BCUT2D eigenvalue weighted by atomic mass is 35.5. The molecule has 0 saturated carbocycles. The average Bonchev–Trinajstić information content (AvgIpc) is 2.74. The van der Waals surface area contributed by atoms with Crippen LogP contribution in [0.4, 0.5) is 0 Å². The molecule has 1 aliphatic rings. The summed E-state index contributed by atoms with van der Waals surface area (Å²) in [5.41, 5.74) is 2.78. The molecule has 0 amide bonds. The molecule has 2 N–H and O–H groups in total. The standard InChI is InChI=1S/C14H14ClNO3/c1-19-12-5-9-7-3-2-4-8(14(17)18)13(7)16-11(9)6-10(12)15/h5-6,8,16H,2-4H2,1H3,(H,17,18). The molecule has 0 radical (unpaired) electrons. The molecule has 0 spiro atoms. The van der Waals surface area contributed by atoms with Crippen molar-refractivity contribution in [3.05, 3.63) is 28.4 Å². The number of carboxylic acids is 1. The molecule has 0 bridgehead atoms. The van der Waals surface area contributed by atoms with Crippen LogP contribution in [0.3, 0.4) is 0 Å². The second-order valence-electron chi connectivity index (χ2n) is 4.83. The maximum atomic E-state index is 11.3. The van der Waals surface area contributed by atoms with Gasteiger partial charge < -0.3 is 14.8 Å². The average molecular weight is 280 g/mol. The van der Waals surface area contributed by atoms with Crippen molar-refractivity contribution in [2.45, 2.75) is 25.2 Å². The zero-order chi connectivity index (χ0) is 13.6. The number of aryl methyl sites for hydroxylation is 1. The van der Waals surface area contributed by atoms with Crippen LogP contribution in [0.1, 0.15) is 30.0 Å². The predicted octanol–water partition coefficient (Wildman–Crippen LogP) is 3.33. The number of fused-ring (bicyclic) bond motifs is 3. The smallest absolute Gasteiger partial charge is 0.312 e. The molecule has 0 aliphatic heterocycles. The van der Waals surface area contributed by atoms with Crippen LogP contribution in [0, 0.1) is 0 Å². The molecule has 4 nitrogen and oxygen atoms in total. The number of ether oxygens (including phenoxy) is 1. The third-order valence-electron chi connectivity index (χ3n) is 3.78. The second-order valence-corrected chi connectivity index (χ2v) is 5.24. The molecular formula is C14H14ClNO3. The van der Waals surface area contributed by atoms with Gasteiger partial charge in [0.15, 0.2) is 0 Å². The fourth-order valence-corrected chi connectivity index (χ4v) is 3.11. The Morgan fingerprint density at radius 2 is 2.32 bits per heavy atom. The summed E-state index contributed by atoms with van der Waals surface area (Å²) >= 11 is 6.10. The molecule has 1 aliphatic carbocycles.